The van der Waals surface area contributed by atoms with Crippen molar-refractivity contribution in [2.45, 2.75) is 12.5 Å². The van der Waals surface area contributed by atoms with Gasteiger partial charge < -0.3 is 20.1 Å². The number of aromatic hydroxyl groups is 1. The standard InChI is InChI=1S/C23H17Cl2N3O4/c24-14-8-16(22(31)17(25)9-14)23(32)27-15-6-7-18-20(10-15)28(12-26-18)19(11-21(29)30)13-4-2-1-3-5-13/h1-10,12,19,31H,11H2,(H,27,32)(H,29,30). The highest BCUT2D eigenvalue weighted by Crippen LogP contribution is 2.32. The van der Waals surface area contributed by atoms with Crippen LogP contribution in [0, 0.1) is 0 Å². The van der Waals surface area contributed by atoms with Gasteiger partial charge in [-0.2, -0.15) is 0 Å². The lowest BCUT2D eigenvalue weighted by atomic mass is 10.0. The fourth-order valence-electron chi connectivity index (χ4n) is 3.51. The van der Waals surface area contributed by atoms with Gasteiger partial charge in [0.1, 0.15) is 5.75 Å². The van der Waals surface area contributed by atoms with Gasteiger partial charge >= 0.3 is 5.97 Å². The molecular weight excluding hydrogens is 453 g/mol. The molecule has 0 aliphatic heterocycles. The first-order valence-corrected chi connectivity index (χ1v) is 10.3. The molecule has 4 aromatic rings. The number of carbonyl (C=O) groups is 2. The van der Waals surface area contributed by atoms with E-state index in [1.807, 2.05) is 30.3 Å². The number of fused-ring (bicyclic) bond motifs is 1. The van der Waals surface area contributed by atoms with Gasteiger partial charge in [-0.05, 0) is 35.9 Å². The van der Waals surface area contributed by atoms with Crippen molar-refractivity contribution < 1.29 is 19.8 Å². The molecule has 1 unspecified atom stereocenters. The highest BCUT2D eigenvalue weighted by atomic mass is 35.5. The van der Waals surface area contributed by atoms with Crippen molar-refractivity contribution in [2.75, 3.05) is 5.32 Å². The minimum atomic E-state index is -0.946. The molecule has 0 spiro atoms. The van der Waals surface area contributed by atoms with Crippen LogP contribution in [0.1, 0.15) is 28.4 Å². The van der Waals surface area contributed by atoms with E-state index in [0.717, 1.165) is 5.56 Å². The van der Waals surface area contributed by atoms with E-state index in [-0.39, 0.29) is 27.8 Å². The third-order valence-electron chi connectivity index (χ3n) is 4.99. The molecule has 0 aliphatic carbocycles. The summed E-state index contributed by atoms with van der Waals surface area (Å²) >= 11 is 11.9. The maximum Gasteiger partial charge on any atom is 0.305 e. The molecule has 0 aliphatic rings. The van der Waals surface area contributed by atoms with Crippen LogP contribution < -0.4 is 5.32 Å². The van der Waals surface area contributed by atoms with Crippen LogP contribution in [0.15, 0.2) is 67.0 Å². The van der Waals surface area contributed by atoms with Gasteiger partial charge in [0, 0.05) is 10.7 Å². The van der Waals surface area contributed by atoms with E-state index < -0.39 is 17.9 Å². The lowest BCUT2D eigenvalue weighted by Crippen LogP contribution is -2.15. The summed E-state index contributed by atoms with van der Waals surface area (Å²) in [6.07, 6.45) is 1.44. The molecule has 3 N–H and O–H groups in total. The van der Waals surface area contributed by atoms with E-state index in [9.17, 15) is 19.8 Å². The summed E-state index contributed by atoms with van der Waals surface area (Å²) in [4.78, 5) is 28.6. The third-order valence-corrected chi connectivity index (χ3v) is 5.50. The predicted molar refractivity (Wildman–Crippen MR) is 123 cm³/mol. The minimum absolute atomic E-state index is 0.0319. The highest BCUT2D eigenvalue weighted by molar-refractivity contribution is 6.36. The molecular formula is C23H17Cl2N3O4. The van der Waals surface area contributed by atoms with E-state index >= 15 is 0 Å². The monoisotopic (exact) mass is 469 g/mol. The predicted octanol–water partition coefficient (Wildman–Crippen LogP) is 5.37. The van der Waals surface area contributed by atoms with Gasteiger partial charge in [0.2, 0.25) is 0 Å². The Bertz CT molecular complexity index is 1320. The molecule has 7 nitrogen and oxygen atoms in total. The first-order valence-electron chi connectivity index (χ1n) is 9.56. The van der Waals surface area contributed by atoms with E-state index in [1.165, 1.54) is 12.1 Å². The Kier molecular flexibility index (Phi) is 6.03. The first kappa shape index (κ1) is 21.7. The van der Waals surface area contributed by atoms with Gasteiger partial charge in [-0.3, -0.25) is 9.59 Å². The average molecular weight is 470 g/mol. The molecule has 1 amide bonds. The Morgan fingerprint density at radius 1 is 1.06 bits per heavy atom. The number of hydrogen-bond acceptors (Lipinski definition) is 4. The van der Waals surface area contributed by atoms with E-state index in [2.05, 4.69) is 10.3 Å². The SMILES string of the molecule is O=C(O)CC(c1ccccc1)n1cnc2ccc(NC(=O)c3cc(Cl)cc(Cl)c3O)cc21. The van der Waals surface area contributed by atoms with Gasteiger partial charge in [0.25, 0.3) is 5.91 Å². The van der Waals surface area contributed by atoms with Crippen molar-refractivity contribution >= 4 is 51.8 Å². The number of phenols is 1. The number of rotatable bonds is 6. The van der Waals surface area contributed by atoms with Gasteiger partial charge in [-0.25, -0.2) is 4.98 Å². The number of carboxylic acid groups (broad SMARTS) is 1. The normalized spacial score (nSPS) is 11.9. The molecule has 0 radical (unpaired) electrons. The molecule has 1 atom stereocenters. The lowest BCUT2D eigenvalue weighted by molar-refractivity contribution is -0.137. The molecule has 162 valence electrons. The summed E-state index contributed by atoms with van der Waals surface area (Å²) in [6, 6.07) is 16.5. The summed E-state index contributed by atoms with van der Waals surface area (Å²) in [5, 5.41) is 22.5. The molecule has 0 saturated heterocycles. The molecule has 0 bridgehead atoms. The van der Waals surface area contributed by atoms with Gasteiger partial charge in [-0.1, -0.05) is 53.5 Å². The molecule has 1 heterocycles. The number of carboxylic acids is 1. The molecule has 32 heavy (non-hydrogen) atoms. The summed E-state index contributed by atoms with van der Waals surface area (Å²) in [7, 11) is 0. The Morgan fingerprint density at radius 2 is 1.81 bits per heavy atom. The Labute approximate surface area is 192 Å². The zero-order chi connectivity index (χ0) is 22.8. The number of aromatic nitrogens is 2. The van der Waals surface area contributed by atoms with Crippen molar-refractivity contribution in [3.05, 3.63) is 88.2 Å². The average Bonchev–Trinajstić information content (AvgIpc) is 3.18. The van der Waals surface area contributed by atoms with Crippen LogP contribution in [0.25, 0.3) is 11.0 Å². The number of benzene rings is 3. The molecule has 3 aromatic carbocycles. The number of nitrogens with one attached hydrogen (secondary N) is 1. The Morgan fingerprint density at radius 3 is 2.53 bits per heavy atom. The van der Waals surface area contributed by atoms with Crippen molar-refractivity contribution in [1.29, 1.82) is 0 Å². The van der Waals surface area contributed by atoms with Crippen molar-refractivity contribution in [1.82, 2.24) is 9.55 Å². The van der Waals surface area contributed by atoms with Crippen LogP contribution >= 0.6 is 23.2 Å². The summed E-state index contributed by atoms with van der Waals surface area (Å²) in [6.45, 7) is 0. The second-order valence-electron chi connectivity index (χ2n) is 7.12. The number of halogens is 2. The summed E-state index contributed by atoms with van der Waals surface area (Å²) < 4.78 is 1.77. The number of imidazole rings is 1. The Balaban J connectivity index is 1.71. The number of phenolic OH excluding ortho intramolecular Hbond substituents is 1. The second kappa shape index (κ2) is 8.90. The fraction of sp³-hybridized carbons (Fsp3) is 0.0870. The molecule has 0 fully saturated rings. The fourth-order valence-corrected chi connectivity index (χ4v) is 4.00. The topological polar surface area (TPSA) is 104 Å². The van der Waals surface area contributed by atoms with Crippen LogP contribution in [0.4, 0.5) is 5.69 Å². The molecule has 1 aromatic heterocycles. The Hall–Kier alpha value is -3.55. The second-order valence-corrected chi connectivity index (χ2v) is 7.96. The number of aliphatic carboxylic acids is 1. The van der Waals surface area contributed by atoms with Crippen LogP contribution in [0.5, 0.6) is 5.75 Å². The molecule has 0 saturated carbocycles. The molecule has 4 rings (SSSR count). The smallest absolute Gasteiger partial charge is 0.305 e. The van der Waals surface area contributed by atoms with Crippen molar-refractivity contribution in [3.8, 4) is 5.75 Å². The quantitative estimate of drug-likeness (QED) is 0.352. The van der Waals surface area contributed by atoms with Crippen LogP contribution in [0.2, 0.25) is 10.0 Å². The van der Waals surface area contributed by atoms with E-state index in [1.54, 1.807) is 29.1 Å². The lowest BCUT2D eigenvalue weighted by Gasteiger charge is -2.18. The first-order chi connectivity index (χ1) is 15.3. The number of anilines is 1. The summed E-state index contributed by atoms with van der Waals surface area (Å²) in [5.41, 5.74) is 2.47. The number of carbonyl (C=O) groups excluding carboxylic acids is 1. The zero-order valence-corrected chi connectivity index (χ0v) is 18.0. The van der Waals surface area contributed by atoms with Crippen molar-refractivity contribution in [2.24, 2.45) is 0 Å². The van der Waals surface area contributed by atoms with Gasteiger partial charge in [0.05, 0.1) is 40.4 Å². The zero-order valence-electron chi connectivity index (χ0n) is 16.5. The van der Waals surface area contributed by atoms with E-state index in [0.29, 0.717) is 16.7 Å². The van der Waals surface area contributed by atoms with Crippen LogP contribution in [-0.4, -0.2) is 31.6 Å². The maximum atomic E-state index is 12.7. The van der Waals surface area contributed by atoms with E-state index in [4.69, 9.17) is 23.2 Å². The largest absolute Gasteiger partial charge is 0.506 e. The number of nitrogens with zero attached hydrogens (tertiary/aromatic N) is 2. The molecule has 9 heteroatoms. The highest BCUT2D eigenvalue weighted by Gasteiger charge is 2.21. The van der Waals surface area contributed by atoms with Crippen molar-refractivity contribution in [3.63, 3.8) is 0 Å². The summed E-state index contributed by atoms with van der Waals surface area (Å²) in [5.74, 6) is -1.91. The van der Waals surface area contributed by atoms with Crippen LogP contribution in [0.3, 0.4) is 0 Å². The van der Waals surface area contributed by atoms with Gasteiger partial charge in [-0.15, -0.1) is 0 Å². The maximum absolute atomic E-state index is 12.7. The van der Waals surface area contributed by atoms with Gasteiger partial charge in [0.15, 0.2) is 0 Å². The minimum Gasteiger partial charge on any atom is -0.506 e. The third kappa shape index (κ3) is 4.39. The number of amides is 1. The van der Waals surface area contributed by atoms with Crippen LogP contribution in [-0.2, 0) is 4.79 Å². The number of hydrogen-bond donors (Lipinski definition) is 3.